The van der Waals surface area contributed by atoms with Gasteiger partial charge in [-0.15, -0.1) is 0 Å². The molecule has 1 unspecified atom stereocenters. The van der Waals surface area contributed by atoms with E-state index in [2.05, 4.69) is 36.0 Å². The van der Waals surface area contributed by atoms with E-state index in [1.807, 2.05) is 0 Å². The lowest BCUT2D eigenvalue weighted by molar-refractivity contribution is 0.0940. The van der Waals surface area contributed by atoms with Crippen LogP contribution in [-0.2, 0) is 0 Å². The first kappa shape index (κ1) is 17.2. The fraction of sp³-hybridized carbons (Fsp3) is 0.529. The summed E-state index contributed by atoms with van der Waals surface area (Å²) in [5, 5.41) is 2.98. The minimum absolute atomic E-state index is 0.160. The second-order valence-electron chi connectivity index (χ2n) is 5.03. The third kappa shape index (κ3) is 5.97. The highest BCUT2D eigenvalue weighted by atomic mass is 16.1. The van der Waals surface area contributed by atoms with Crippen molar-refractivity contribution in [2.45, 2.75) is 39.5 Å². The van der Waals surface area contributed by atoms with Crippen molar-refractivity contribution in [1.82, 2.24) is 10.3 Å². The van der Waals surface area contributed by atoms with Gasteiger partial charge in [0.25, 0.3) is 5.91 Å². The van der Waals surface area contributed by atoms with Crippen LogP contribution in [0.15, 0.2) is 18.3 Å². The molecule has 0 fully saturated rings. The Labute approximate surface area is 127 Å². The molecule has 0 aliphatic heterocycles. The Bertz CT molecular complexity index is 502. The highest BCUT2D eigenvalue weighted by Gasteiger charge is 2.13. The molecule has 0 saturated carbocycles. The highest BCUT2D eigenvalue weighted by Crippen LogP contribution is 2.12. The number of unbranched alkanes of at least 4 members (excludes halogenated alkanes) is 1. The Morgan fingerprint density at radius 3 is 2.95 bits per heavy atom. The standard InChI is InChI=1S/C17H25N3O/c1-3-5-8-14(4-2)13-20-17(21)16-15(9-6-11-18)10-7-12-19-16/h7,10,12,14H,3-5,8,11,13,18H2,1-2H3,(H,20,21). The van der Waals surface area contributed by atoms with Crippen LogP contribution in [0.1, 0.15) is 55.6 Å². The molecular weight excluding hydrogens is 262 g/mol. The second kappa shape index (κ2) is 9.95. The number of amides is 1. The molecule has 1 aromatic heterocycles. The lowest BCUT2D eigenvalue weighted by Crippen LogP contribution is -2.30. The Morgan fingerprint density at radius 1 is 1.48 bits per heavy atom. The van der Waals surface area contributed by atoms with E-state index in [1.54, 1.807) is 18.3 Å². The molecule has 1 aromatic rings. The summed E-state index contributed by atoms with van der Waals surface area (Å²) in [4.78, 5) is 16.4. The van der Waals surface area contributed by atoms with Crippen molar-refractivity contribution in [2.75, 3.05) is 13.1 Å². The molecule has 4 heteroatoms. The summed E-state index contributed by atoms with van der Waals surface area (Å²) in [6.45, 7) is 5.30. The zero-order valence-electron chi connectivity index (χ0n) is 13.0. The van der Waals surface area contributed by atoms with E-state index in [9.17, 15) is 4.79 Å². The number of pyridine rings is 1. The normalized spacial score (nSPS) is 11.4. The van der Waals surface area contributed by atoms with Crippen LogP contribution in [0.25, 0.3) is 0 Å². The number of nitrogens with zero attached hydrogens (tertiary/aromatic N) is 1. The van der Waals surface area contributed by atoms with Crippen molar-refractivity contribution in [3.63, 3.8) is 0 Å². The molecule has 4 nitrogen and oxygen atoms in total. The molecular formula is C17H25N3O. The van der Waals surface area contributed by atoms with Crippen molar-refractivity contribution >= 4 is 5.91 Å². The predicted molar refractivity (Wildman–Crippen MR) is 85.8 cm³/mol. The number of hydrogen-bond donors (Lipinski definition) is 2. The molecule has 0 aliphatic rings. The molecule has 1 amide bonds. The van der Waals surface area contributed by atoms with Gasteiger partial charge < -0.3 is 11.1 Å². The number of carbonyl (C=O) groups is 1. The predicted octanol–water partition coefficient (Wildman–Crippen LogP) is 2.34. The molecule has 0 aliphatic carbocycles. The number of rotatable bonds is 7. The molecule has 0 aromatic carbocycles. The minimum Gasteiger partial charge on any atom is -0.350 e. The molecule has 0 bridgehead atoms. The quantitative estimate of drug-likeness (QED) is 0.756. The van der Waals surface area contributed by atoms with Gasteiger partial charge in [0.1, 0.15) is 5.69 Å². The van der Waals surface area contributed by atoms with Crippen LogP contribution < -0.4 is 11.1 Å². The van der Waals surface area contributed by atoms with Crippen molar-refractivity contribution in [2.24, 2.45) is 11.7 Å². The molecule has 0 spiro atoms. The monoisotopic (exact) mass is 287 g/mol. The summed E-state index contributed by atoms with van der Waals surface area (Å²) in [5.74, 6) is 6.02. The van der Waals surface area contributed by atoms with Crippen LogP contribution in [0.4, 0.5) is 0 Å². The summed E-state index contributed by atoms with van der Waals surface area (Å²) in [5.41, 5.74) is 6.38. The summed E-state index contributed by atoms with van der Waals surface area (Å²) in [6.07, 6.45) is 6.21. The second-order valence-corrected chi connectivity index (χ2v) is 5.03. The van der Waals surface area contributed by atoms with Crippen LogP contribution >= 0.6 is 0 Å². The van der Waals surface area contributed by atoms with Gasteiger partial charge in [0, 0.05) is 12.7 Å². The van der Waals surface area contributed by atoms with Crippen molar-refractivity contribution in [3.8, 4) is 11.8 Å². The summed E-state index contributed by atoms with van der Waals surface area (Å²) in [6, 6.07) is 3.56. The fourth-order valence-electron chi connectivity index (χ4n) is 2.10. The van der Waals surface area contributed by atoms with E-state index in [1.165, 1.54) is 12.8 Å². The molecule has 21 heavy (non-hydrogen) atoms. The van der Waals surface area contributed by atoms with Gasteiger partial charge in [0.15, 0.2) is 0 Å². The number of nitrogens with one attached hydrogen (secondary N) is 1. The Morgan fingerprint density at radius 2 is 2.29 bits per heavy atom. The number of nitrogens with two attached hydrogens (primary N) is 1. The average molecular weight is 287 g/mol. The van der Waals surface area contributed by atoms with Crippen LogP contribution in [0.5, 0.6) is 0 Å². The van der Waals surface area contributed by atoms with E-state index in [0.29, 0.717) is 23.7 Å². The number of aromatic nitrogens is 1. The molecule has 3 N–H and O–H groups in total. The topological polar surface area (TPSA) is 68.0 Å². The molecule has 0 radical (unpaired) electrons. The van der Waals surface area contributed by atoms with E-state index in [0.717, 1.165) is 12.8 Å². The Balaban J connectivity index is 2.67. The molecule has 0 saturated heterocycles. The van der Waals surface area contributed by atoms with E-state index >= 15 is 0 Å². The van der Waals surface area contributed by atoms with Crippen LogP contribution in [0.3, 0.4) is 0 Å². The highest BCUT2D eigenvalue weighted by molar-refractivity contribution is 5.94. The Hall–Kier alpha value is -1.86. The molecule has 1 rings (SSSR count). The average Bonchev–Trinajstić information content (AvgIpc) is 2.53. The van der Waals surface area contributed by atoms with Gasteiger partial charge in [-0.2, -0.15) is 0 Å². The SMILES string of the molecule is CCCCC(CC)CNC(=O)c1ncccc1C#CCN. The summed E-state index contributed by atoms with van der Waals surface area (Å²) < 4.78 is 0. The first-order chi connectivity index (χ1) is 10.2. The first-order valence-electron chi connectivity index (χ1n) is 7.65. The maximum atomic E-state index is 12.3. The fourth-order valence-corrected chi connectivity index (χ4v) is 2.10. The lowest BCUT2D eigenvalue weighted by Gasteiger charge is -2.15. The zero-order valence-corrected chi connectivity index (χ0v) is 13.0. The Kier molecular flexibility index (Phi) is 8.15. The van der Waals surface area contributed by atoms with Crippen LogP contribution in [0, 0.1) is 17.8 Å². The van der Waals surface area contributed by atoms with Gasteiger partial charge in [-0.3, -0.25) is 4.79 Å². The van der Waals surface area contributed by atoms with E-state index < -0.39 is 0 Å². The van der Waals surface area contributed by atoms with Gasteiger partial charge in [0.2, 0.25) is 0 Å². The van der Waals surface area contributed by atoms with Crippen molar-refractivity contribution < 1.29 is 4.79 Å². The number of hydrogen-bond acceptors (Lipinski definition) is 3. The minimum atomic E-state index is -0.160. The van der Waals surface area contributed by atoms with Crippen molar-refractivity contribution in [3.05, 3.63) is 29.6 Å². The van der Waals surface area contributed by atoms with E-state index in [-0.39, 0.29) is 12.5 Å². The lowest BCUT2D eigenvalue weighted by atomic mass is 9.99. The largest absolute Gasteiger partial charge is 0.350 e. The van der Waals surface area contributed by atoms with E-state index in [4.69, 9.17) is 5.73 Å². The number of carbonyl (C=O) groups excluding carboxylic acids is 1. The summed E-state index contributed by atoms with van der Waals surface area (Å²) >= 11 is 0. The van der Waals surface area contributed by atoms with Crippen molar-refractivity contribution in [1.29, 1.82) is 0 Å². The summed E-state index contributed by atoms with van der Waals surface area (Å²) in [7, 11) is 0. The first-order valence-corrected chi connectivity index (χ1v) is 7.65. The van der Waals surface area contributed by atoms with Gasteiger partial charge in [-0.25, -0.2) is 4.98 Å². The molecule has 114 valence electrons. The smallest absolute Gasteiger partial charge is 0.271 e. The van der Waals surface area contributed by atoms with Gasteiger partial charge in [0.05, 0.1) is 12.1 Å². The third-order valence-electron chi connectivity index (χ3n) is 3.44. The molecule has 1 atom stereocenters. The zero-order chi connectivity index (χ0) is 15.5. The van der Waals surface area contributed by atoms with Crippen LogP contribution in [-0.4, -0.2) is 24.0 Å². The molecule has 1 heterocycles. The van der Waals surface area contributed by atoms with Gasteiger partial charge >= 0.3 is 0 Å². The van der Waals surface area contributed by atoms with Gasteiger partial charge in [-0.05, 0) is 24.5 Å². The third-order valence-corrected chi connectivity index (χ3v) is 3.44. The van der Waals surface area contributed by atoms with Gasteiger partial charge in [-0.1, -0.05) is 45.0 Å². The maximum Gasteiger partial charge on any atom is 0.271 e. The maximum absolute atomic E-state index is 12.3. The van der Waals surface area contributed by atoms with Crippen LogP contribution in [0.2, 0.25) is 0 Å².